The number of methoxy groups -OCH3 is 1. The maximum absolute atomic E-state index is 12.5. The van der Waals surface area contributed by atoms with E-state index in [1.165, 1.54) is 13.3 Å². The van der Waals surface area contributed by atoms with Crippen molar-refractivity contribution < 1.29 is 14.3 Å². The lowest BCUT2D eigenvalue weighted by atomic mass is 10.2. The van der Waals surface area contributed by atoms with Crippen molar-refractivity contribution in [3.63, 3.8) is 0 Å². The van der Waals surface area contributed by atoms with Gasteiger partial charge in [-0.2, -0.15) is 5.10 Å². The van der Waals surface area contributed by atoms with Crippen molar-refractivity contribution in [2.75, 3.05) is 7.11 Å². The Balaban J connectivity index is 1.76. The smallest absolute Gasteiger partial charge is 0.273 e. The molecule has 2 amide bonds. The molecule has 9 heteroatoms. The third-order valence-electron chi connectivity index (χ3n) is 4.02. The van der Waals surface area contributed by atoms with Gasteiger partial charge in [0.25, 0.3) is 11.8 Å². The Labute approximate surface area is 171 Å². The van der Waals surface area contributed by atoms with E-state index in [2.05, 4.69) is 16.0 Å². The molecule has 2 N–H and O–H groups in total. The lowest BCUT2D eigenvalue weighted by Crippen LogP contribution is -2.41. The van der Waals surface area contributed by atoms with Crippen molar-refractivity contribution in [2.45, 2.75) is 6.92 Å². The van der Waals surface area contributed by atoms with Gasteiger partial charge in [-0.15, -0.1) is 0 Å². The van der Waals surface area contributed by atoms with Crippen molar-refractivity contribution in [2.24, 2.45) is 0 Å². The summed E-state index contributed by atoms with van der Waals surface area (Å²) in [6.45, 7) is 1.73. The molecule has 0 unspecified atom stereocenters. The normalized spacial score (nSPS) is 10.4. The zero-order chi connectivity index (χ0) is 20.3. The van der Waals surface area contributed by atoms with Crippen molar-refractivity contribution in [1.29, 1.82) is 0 Å². The van der Waals surface area contributed by atoms with Crippen molar-refractivity contribution in [3.05, 3.63) is 75.5 Å². The minimum Gasteiger partial charge on any atom is -0.494 e. The number of hydrogen-bond acceptors (Lipinski definition) is 4. The highest BCUT2D eigenvalue weighted by atomic mass is 35.5. The summed E-state index contributed by atoms with van der Waals surface area (Å²) in [5, 5.41) is 5.26. The van der Waals surface area contributed by atoms with Crippen LogP contribution in [0.3, 0.4) is 0 Å². The van der Waals surface area contributed by atoms with Crippen molar-refractivity contribution in [3.8, 4) is 11.4 Å². The van der Waals surface area contributed by atoms with Crippen molar-refractivity contribution >= 4 is 35.0 Å². The molecule has 0 radical (unpaired) electrons. The molecule has 3 rings (SSSR count). The second-order valence-electron chi connectivity index (χ2n) is 5.79. The van der Waals surface area contributed by atoms with Crippen LogP contribution in [0.25, 0.3) is 5.69 Å². The van der Waals surface area contributed by atoms with Crippen LogP contribution in [-0.2, 0) is 0 Å². The van der Waals surface area contributed by atoms with E-state index >= 15 is 0 Å². The molecule has 2 aromatic carbocycles. The van der Waals surface area contributed by atoms with Gasteiger partial charge in [-0.3, -0.25) is 20.4 Å². The fraction of sp³-hybridized carbons (Fsp3) is 0.105. The lowest BCUT2D eigenvalue weighted by Gasteiger charge is -2.11. The maximum atomic E-state index is 12.5. The number of aromatic nitrogens is 2. The molecule has 28 heavy (non-hydrogen) atoms. The number of carbonyl (C=O) groups is 2. The minimum absolute atomic E-state index is 0.290. The predicted octanol–water partition coefficient (Wildman–Crippen LogP) is 3.57. The molecule has 0 fully saturated rings. The van der Waals surface area contributed by atoms with Crippen LogP contribution < -0.4 is 15.6 Å². The van der Waals surface area contributed by atoms with Gasteiger partial charge in [-0.25, -0.2) is 4.68 Å². The number of amides is 2. The van der Waals surface area contributed by atoms with E-state index in [9.17, 15) is 9.59 Å². The SMILES string of the molecule is COc1ccc(Cl)cc1-n1ncc(C(=O)NNC(=O)c2ccc(Cl)cc2)c1C. The van der Waals surface area contributed by atoms with Gasteiger partial charge in [0, 0.05) is 15.6 Å². The molecule has 3 aromatic rings. The Morgan fingerprint density at radius 2 is 1.64 bits per heavy atom. The van der Waals surface area contributed by atoms with E-state index in [1.807, 2.05) is 0 Å². The average molecular weight is 419 g/mol. The van der Waals surface area contributed by atoms with Crippen LogP contribution in [0.2, 0.25) is 10.0 Å². The third-order valence-corrected chi connectivity index (χ3v) is 4.51. The summed E-state index contributed by atoms with van der Waals surface area (Å²) in [6.07, 6.45) is 1.40. The van der Waals surface area contributed by atoms with E-state index in [0.29, 0.717) is 38.3 Å². The quantitative estimate of drug-likeness (QED) is 0.634. The molecular weight excluding hydrogens is 403 g/mol. The summed E-state index contributed by atoms with van der Waals surface area (Å²) in [4.78, 5) is 24.6. The molecule has 0 saturated carbocycles. The third kappa shape index (κ3) is 4.11. The number of hydrazine groups is 1. The number of nitrogens with one attached hydrogen (secondary N) is 2. The molecule has 0 spiro atoms. The molecule has 0 atom stereocenters. The second kappa shape index (κ2) is 8.33. The van der Waals surface area contributed by atoms with Gasteiger partial charge in [0.05, 0.1) is 24.6 Å². The number of benzene rings is 2. The number of carbonyl (C=O) groups excluding carboxylic acids is 2. The molecule has 0 aliphatic rings. The largest absolute Gasteiger partial charge is 0.494 e. The van der Waals surface area contributed by atoms with Gasteiger partial charge in [0.15, 0.2) is 0 Å². The van der Waals surface area contributed by atoms with Gasteiger partial charge < -0.3 is 4.74 Å². The standard InChI is InChI=1S/C19H16Cl2N4O3/c1-11-15(10-22-25(11)16-9-14(21)7-8-17(16)28-2)19(27)24-23-18(26)12-3-5-13(20)6-4-12/h3-10H,1-2H3,(H,23,26)(H,24,27). The summed E-state index contributed by atoms with van der Waals surface area (Å²) in [6, 6.07) is 11.4. The van der Waals surface area contributed by atoms with Crippen LogP contribution >= 0.6 is 23.2 Å². The summed E-state index contributed by atoms with van der Waals surface area (Å²) < 4.78 is 6.87. The molecule has 7 nitrogen and oxygen atoms in total. The number of halogens is 2. The fourth-order valence-electron chi connectivity index (χ4n) is 2.56. The van der Waals surface area contributed by atoms with Crippen LogP contribution in [-0.4, -0.2) is 28.7 Å². The zero-order valence-corrected chi connectivity index (χ0v) is 16.5. The van der Waals surface area contributed by atoms with Gasteiger partial charge >= 0.3 is 0 Å². The molecule has 1 aromatic heterocycles. The van der Waals surface area contributed by atoms with Crippen LogP contribution in [0.1, 0.15) is 26.4 Å². The first-order valence-corrected chi connectivity index (χ1v) is 8.91. The Morgan fingerprint density at radius 3 is 2.32 bits per heavy atom. The first-order chi connectivity index (χ1) is 13.4. The molecule has 0 saturated heterocycles. The zero-order valence-electron chi connectivity index (χ0n) is 15.0. The topological polar surface area (TPSA) is 85.2 Å². The summed E-state index contributed by atoms with van der Waals surface area (Å²) >= 11 is 11.9. The highest BCUT2D eigenvalue weighted by molar-refractivity contribution is 6.31. The van der Waals surface area contributed by atoms with Crippen LogP contribution in [0, 0.1) is 6.92 Å². The first-order valence-electron chi connectivity index (χ1n) is 8.15. The van der Waals surface area contributed by atoms with E-state index in [0.717, 1.165) is 0 Å². The molecule has 0 bridgehead atoms. The van der Waals surface area contributed by atoms with Gasteiger partial charge in [0.1, 0.15) is 11.4 Å². The highest BCUT2D eigenvalue weighted by Gasteiger charge is 2.18. The van der Waals surface area contributed by atoms with Gasteiger partial charge in [-0.1, -0.05) is 23.2 Å². The Hall–Kier alpha value is -3.03. The Bertz CT molecular complexity index is 1030. The van der Waals surface area contributed by atoms with Gasteiger partial charge in [0.2, 0.25) is 0 Å². The Kier molecular flexibility index (Phi) is 5.87. The van der Waals surface area contributed by atoms with Crippen LogP contribution in [0.15, 0.2) is 48.7 Å². The second-order valence-corrected chi connectivity index (χ2v) is 6.66. The molecule has 144 valence electrons. The number of nitrogens with zero attached hydrogens (tertiary/aromatic N) is 2. The number of ether oxygens (including phenoxy) is 1. The highest BCUT2D eigenvalue weighted by Crippen LogP contribution is 2.27. The molecular formula is C19H16Cl2N4O3. The first kappa shape index (κ1) is 19.7. The predicted molar refractivity (Wildman–Crippen MR) is 106 cm³/mol. The summed E-state index contributed by atoms with van der Waals surface area (Å²) in [5.74, 6) is -0.419. The average Bonchev–Trinajstić information content (AvgIpc) is 3.07. The van der Waals surface area contributed by atoms with Crippen LogP contribution in [0.5, 0.6) is 5.75 Å². The minimum atomic E-state index is -0.507. The fourth-order valence-corrected chi connectivity index (χ4v) is 2.85. The van der Waals surface area contributed by atoms with Crippen LogP contribution in [0.4, 0.5) is 0 Å². The lowest BCUT2D eigenvalue weighted by molar-refractivity contribution is 0.0846. The Morgan fingerprint density at radius 1 is 1.00 bits per heavy atom. The summed E-state index contributed by atoms with van der Waals surface area (Å²) in [5.41, 5.74) is 6.54. The van der Waals surface area contributed by atoms with E-state index in [1.54, 1.807) is 54.1 Å². The van der Waals surface area contributed by atoms with Crippen molar-refractivity contribution in [1.82, 2.24) is 20.6 Å². The summed E-state index contributed by atoms with van der Waals surface area (Å²) in [7, 11) is 1.53. The van der Waals surface area contributed by atoms with E-state index in [4.69, 9.17) is 27.9 Å². The molecule has 1 heterocycles. The number of hydrogen-bond donors (Lipinski definition) is 2. The monoisotopic (exact) mass is 418 g/mol. The maximum Gasteiger partial charge on any atom is 0.273 e. The molecule has 0 aliphatic carbocycles. The van der Waals surface area contributed by atoms with E-state index in [-0.39, 0.29) is 0 Å². The molecule has 0 aliphatic heterocycles. The van der Waals surface area contributed by atoms with Gasteiger partial charge in [-0.05, 0) is 49.4 Å². The van der Waals surface area contributed by atoms with E-state index < -0.39 is 11.8 Å². The number of rotatable bonds is 4.